The second-order valence-corrected chi connectivity index (χ2v) is 9.85. The number of nitrogens with one attached hydrogen (secondary N) is 3. The highest BCUT2D eigenvalue weighted by molar-refractivity contribution is 7.92. The highest BCUT2D eigenvalue weighted by atomic mass is 35.5. The van der Waals surface area contributed by atoms with Crippen LogP contribution in [0.15, 0.2) is 78.1 Å². The van der Waals surface area contributed by atoms with Gasteiger partial charge in [-0.15, -0.1) is 0 Å². The molecule has 0 spiro atoms. The van der Waals surface area contributed by atoms with Gasteiger partial charge >= 0.3 is 0 Å². The first-order chi connectivity index (χ1) is 16.3. The van der Waals surface area contributed by atoms with Gasteiger partial charge in [0, 0.05) is 40.4 Å². The molecule has 2 aromatic carbocycles. The highest BCUT2D eigenvalue weighted by Crippen LogP contribution is 2.22. The van der Waals surface area contributed by atoms with Crippen LogP contribution in [0.4, 0.5) is 17.5 Å². The van der Waals surface area contributed by atoms with E-state index in [0.29, 0.717) is 33.2 Å². The Balaban J connectivity index is 1.34. The lowest BCUT2D eigenvalue weighted by Gasteiger charge is -2.10. The predicted molar refractivity (Wildman–Crippen MR) is 137 cm³/mol. The smallest absolute Gasteiger partial charge is 0.264 e. The minimum absolute atomic E-state index is 0.00662. The monoisotopic (exact) mass is 533 g/mol. The first-order valence-corrected chi connectivity index (χ1v) is 12.4. The van der Waals surface area contributed by atoms with Gasteiger partial charge < -0.3 is 10.6 Å². The first kappa shape index (κ1) is 23.9. The van der Waals surface area contributed by atoms with Gasteiger partial charge in [0.05, 0.1) is 11.4 Å². The van der Waals surface area contributed by atoms with Gasteiger partial charge in [-0.25, -0.2) is 23.1 Å². The van der Waals surface area contributed by atoms with Crippen LogP contribution in [-0.2, 0) is 16.6 Å². The van der Waals surface area contributed by atoms with Crippen molar-refractivity contribution in [2.45, 2.75) is 11.4 Å². The lowest BCUT2D eigenvalue weighted by molar-refractivity contribution is 0.601. The third-order valence-electron chi connectivity index (χ3n) is 4.44. The first-order valence-electron chi connectivity index (χ1n) is 9.74. The summed E-state index contributed by atoms with van der Waals surface area (Å²) in [4.78, 5) is 7.78. The molecule has 174 valence electrons. The average molecular weight is 534 g/mol. The summed E-state index contributed by atoms with van der Waals surface area (Å²) < 4.78 is 29.0. The number of aromatic nitrogens is 4. The third kappa shape index (κ3) is 6.20. The molecular weight excluding hydrogens is 517 g/mol. The third-order valence-corrected chi connectivity index (χ3v) is 6.58. The minimum Gasteiger partial charge on any atom is -0.332 e. The molecule has 9 nitrogen and oxygen atoms in total. The van der Waals surface area contributed by atoms with Gasteiger partial charge in [0.25, 0.3) is 10.0 Å². The maximum absolute atomic E-state index is 12.5. The van der Waals surface area contributed by atoms with E-state index in [4.69, 9.17) is 35.4 Å². The molecule has 0 unspecified atom stereocenters. The van der Waals surface area contributed by atoms with Gasteiger partial charge in [-0.1, -0.05) is 29.3 Å². The van der Waals surface area contributed by atoms with Gasteiger partial charge in [0.15, 0.2) is 10.9 Å². The van der Waals surface area contributed by atoms with Crippen molar-refractivity contribution in [3.63, 3.8) is 0 Å². The molecule has 0 amide bonds. The lowest BCUT2D eigenvalue weighted by atomic mass is 10.2. The number of hydrogen-bond acceptors (Lipinski definition) is 6. The van der Waals surface area contributed by atoms with Crippen LogP contribution in [0.5, 0.6) is 0 Å². The Morgan fingerprint density at radius 2 is 1.74 bits per heavy atom. The number of rotatable bonds is 7. The van der Waals surface area contributed by atoms with Gasteiger partial charge in [0.1, 0.15) is 0 Å². The van der Waals surface area contributed by atoms with Gasteiger partial charge in [-0.3, -0.25) is 4.68 Å². The molecular formula is C21H17Cl2N7O2S2. The molecule has 0 aliphatic rings. The fraction of sp³-hybridized carbons (Fsp3) is 0.0476. The normalized spacial score (nSPS) is 11.1. The molecule has 4 rings (SSSR count). The van der Waals surface area contributed by atoms with Crippen molar-refractivity contribution in [2.24, 2.45) is 0 Å². The summed E-state index contributed by atoms with van der Waals surface area (Å²) in [6, 6.07) is 14.7. The summed E-state index contributed by atoms with van der Waals surface area (Å²) >= 11 is 17.5. The number of anilines is 3. The molecule has 0 saturated heterocycles. The summed E-state index contributed by atoms with van der Waals surface area (Å²) in [6.07, 6.45) is 4.68. The highest BCUT2D eigenvalue weighted by Gasteiger charge is 2.15. The van der Waals surface area contributed by atoms with E-state index in [1.807, 2.05) is 6.07 Å². The summed E-state index contributed by atoms with van der Waals surface area (Å²) in [5.41, 5.74) is 1.48. The van der Waals surface area contributed by atoms with Crippen molar-refractivity contribution in [1.82, 2.24) is 19.7 Å². The number of nitrogens with zero attached hydrogens (tertiary/aromatic N) is 4. The maximum Gasteiger partial charge on any atom is 0.264 e. The molecule has 3 N–H and O–H groups in total. The van der Waals surface area contributed by atoms with Gasteiger partial charge in [-0.2, -0.15) is 5.10 Å². The fourth-order valence-corrected chi connectivity index (χ4v) is 4.52. The van der Waals surface area contributed by atoms with E-state index in [2.05, 4.69) is 30.4 Å². The van der Waals surface area contributed by atoms with E-state index in [0.717, 1.165) is 5.56 Å². The van der Waals surface area contributed by atoms with E-state index in [1.165, 1.54) is 24.5 Å². The Morgan fingerprint density at radius 3 is 2.44 bits per heavy atom. The summed E-state index contributed by atoms with van der Waals surface area (Å²) in [6.45, 7) is 0.468. The van der Waals surface area contributed by atoms with Crippen molar-refractivity contribution in [1.29, 1.82) is 0 Å². The summed E-state index contributed by atoms with van der Waals surface area (Å²) in [5, 5.41) is 11.8. The molecule has 2 heterocycles. The molecule has 0 radical (unpaired) electrons. The summed E-state index contributed by atoms with van der Waals surface area (Å²) in [7, 11) is -3.82. The van der Waals surface area contributed by atoms with Crippen molar-refractivity contribution < 1.29 is 8.42 Å². The van der Waals surface area contributed by atoms with E-state index >= 15 is 0 Å². The standard InChI is InChI=1S/C21H17Cl2N7O2S2/c22-15-3-2-14(18(23)12-15)13-30-11-8-19(28-30)27-21(33)26-16-4-6-17(7-5-16)34(31,32)29-20-24-9-1-10-25-20/h1-12H,13H2,(H,24,25,29)(H2,26,27,28,33). The Morgan fingerprint density at radius 1 is 1.00 bits per heavy atom. The average Bonchev–Trinajstić information content (AvgIpc) is 3.23. The zero-order valence-corrected chi connectivity index (χ0v) is 20.5. The molecule has 0 aliphatic heterocycles. The van der Waals surface area contributed by atoms with Crippen LogP contribution in [-0.4, -0.2) is 33.3 Å². The Hall–Kier alpha value is -3.25. The van der Waals surface area contributed by atoms with E-state index < -0.39 is 10.0 Å². The predicted octanol–water partition coefficient (Wildman–Crippen LogP) is 4.64. The zero-order chi connectivity index (χ0) is 24.1. The lowest BCUT2D eigenvalue weighted by Crippen LogP contribution is -2.20. The van der Waals surface area contributed by atoms with Crippen molar-refractivity contribution >= 4 is 68.0 Å². The minimum atomic E-state index is -3.82. The number of benzene rings is 2. The number of thiocarbonyl (C=S) groups is 1. The van der Waals surface area contributed by atoms with Crippen molar-refractivity contribution in [2.75, 3.05) is 15.4 Å². The largest absolute Gasteiger partial charge is 0.332 e. The van der Waals surface area contributed by atoms with Crippen LogP contribution in [0.25, 0.3) is 0 Å². The van der Waals surface area contributed by atoms with E-state index in [1.54, 1.807) is 47.3 Å². The Kier molecular flexibility index (Phi) is 7.27. The van der Waals surface area contributed by atoms with E-state index in [-0.39, 0.29) is 10.8 Å². The molecule has 2 aromatic heterocycles. The van der Waals surface area contributed by atoms with Crippen LogP contribution in [0.1, 0.15) is 5.56 Å². The summed E-state index contributed by atoms with van der Waals surface area (Å²) in [5.74, 6) is 0.529. The van der Waals surface area contributed by atoms with Crippen molar-refractivity contribution in [3.8, 4) is 0 Å². The fourth-order valence-electron chi connectivity index (χ4n) is 2.87. The van der Waals surface area contributed by atoms with Gasteiger partial charge in [0.2, 0.25) is 5.95 Å². The van der Waals surface area contributed by atoms with Crippen LogP contribution >= 0.6 is 35.4 Å². The van der Waals surface area contributed by atoms with E-state index in [9.17, 15) is 8.42 Å². The van der Waals surface area contributed by atoms with Crippen molar-refractivity contribution in [3.05, 3.63) is 88.8 Å². The number of halogens is 2. The molecule has 13 heteroatoms. The quantitative estimate of drug-likeness (QED) is 0.294. The molecule has 0 bridgehead atoms. The van der Waals surface area contributed by atoms with Crippen LogP contribution < -0.4 is 15.4 Å². The zero-order valence-electron chi connectivity index (χ0n) is 17.3. The Bertz CT molecular complexity index is 1410. The second-order valence-electron chi connectivity index (χ2n) is 6.92. The van der Waals surface area contributed by atoms with Crippen LogP contribution in [0.2, 0.25) is 10.0 Å². The molecule has 0 saturated carbocycles. The molecule has 0 atom stereocenters. The molecule has 4 aromatic rings. The Labute approximate surface area is 211 Å². The van der Waals surface area contributed by atoms with Crippen LogP contribution in [0, 0.1) is 0 Å². The van der Waals surface area contributed by atoms with Crippen LogP contribution in [0.3, 0.4) is 0 Å². The maximum atomic E-state index is 12.5. The number of sulfonamides is 1. The number of hydrogen-bond donors (Lipinski definition) is 3. The van der Waals surface area contributed by atoms with Gasteiger partial charge in [-0.05, 0) is 60.2 Å². The topological polar surface area (TPSA) is 114 Å². The SMILES string of the molecule is O=S(=O)(Nc1ncccn1)c1ccc(NC(=S)Nc2ccn(Cc3ccc(Cl)cc3Cl)n2)cc1. The second kappa shape index (κ2) is 10.3. The molecule has 0 aliphatic carbocycles. The molecule has 34 heavy (non-hydrogen) atoms. The molecule has 0 fully saturated rings.